The molecule has 1 aliphatic rings. The van der Waals surface area contributed by atoms with Crippen molar-refractivity contribution in [2.75, 3.05) is 39.8 Å². The third-order valence-electron chi connectivity index (χ3n) is 4.75. The van der Waals surface area contributed by atoms with Crippen LogP contribution in [-0.4, -0.2) is 55.6 Å². The number of fused-ring (bicyclic) bond motifs is 1. The summed E-state index contributed by atoms with van der Waals surface area (Å²) in [6.45, 7) is 5.42. The van der Waals surface area contributed by atoms with Crippen molar-refractivity contribution in [3.8, 4) is 0 Å². The summed E-state index contributed by atoms with van der Waals surface area (Å²) in [5.41, 5.74) is 2.55. The number of aromatic nitrogens is 1. The minimum atomic E-state index is 0. The largest absolute Gasteiger partial charge is 0.361 e. The SMILES string of the molecule is CN=C(NCCc1c[nH]c2ccccc12)NCCN1CCCCC1.I. The number of nitrogens with zero attached hydrogens (tertiary/aromatic N) is 2. The molecule has 1 aliphatic heterocycles. The number of aliphatic imine (C=N–C) groups is 1. The summed E-state index contributed by atoms with van der Waals surface area (Å²) < 4.78 is 0. The van der Waals surface area contributed by atoms with Gasteiger partial charge < -0.3 is 20.5 Å². The first-order valence-corrected chi connectivity index (χ1v) is 9.08. The van der Waals surface area contributed by atoms with Crippen LogP contribution >= 0.6 is 24.0 Å². The fraction of sp³-hybridized carbons (Fsp3) is 0.526. The Balaban J connectivity index is 0.00000225. The van der Waals surface area contributed by atoms with Crippen LogP contribution in [0.5, 0.6) is 0 Å². The van der Waals surface area contributed by atoms with Crippen molar-refractivity contribution in [2.45, 2.75) is 25.7 Å². The van der Waals surface area contributed by atoms with E-state index in [1.54, 1.807) is 0 Å². The average Bonchev–Trinajstić information content (AvgIpc) is 3.04. The fourth-order valence-electron chi connectivity index (χ4n) is 3.39. The molecule has 1 saturated heterocycles. The molecule has 3 N–H and O–H groups in total. The molecule has 1 aromatic heterocycles. The second kappa shape index (κ2) is 10.7. The second-order valence-electron chi connectivity index (χ2n) is 6.44. The Morgan fingerprint density at radius 3 is 2.68 bits per heavy atom. The topological polar surface area (TPSA) is 55.5 Å². The van der Waals surface area contributed by atoms with Gasteiger partial charge in [0.05, 0.1) is 0 Å². The quantitative estimate of drug-likeness (QED) is 0.357. The van der Waals surface area contributed by atoms with E-state index in [2.05, 4.69) is 56.0 Å². The number of likely N-dealkylation sites (tertiary alicyclic amines) is 1. The number of para-hydroxylation sites is 1. The molecule has 5 nitrogen and oxygen atoms in total. The summed E-state index contributed by atoms with van der Waals surface area (Å²) in [5.74, 6) is 0.895. The molecule has 0 unspecified atom stereocenters. The van der Waals surface area contributed by atoms with Crippen LogP contribution in [-0.2, 0) is 6.42 Å². The number of H-pyrrole nitrogens is 1. The van der Waals surface area contributed by atoms with Gasteiger partial charge >= 0.3 is 0 Å². The van der Waals surface area contributed by atoms with E-state index in [1.807, 2.05) is 7.05 Å². The summed E-state index contributed by atoms with van der Waals surface area (Å²) in [5, 5.41) is 8.15. The molecule has 0 bridgehead atoms. The molecule has 2 heterocycles. The molecule has 25 heavy (non-hydrogen) atoms. The maximum Gasteiger partial charge on any atom is 0.191 e. The van der Waals surface area contributed by atoms with Crippen molar-refractivity contribution >= 4 is 40.8 Å². The highest BCUT2D eigenvalue weighted by molar-refractivity contribution is 14.0. The number of rotatable bonds is 6. The monoisotopic (exact) mass is 455 g/mol. The van der Waals surface area contributed by atoms with E-state index in [1.165, 1.54) is 48.8 Å². The van der Waals surface area contributed by atoms with Gasteiger partial charge in [-0.05, 0) is 44.0 Å². The van der Waals surface area contributed by atoms with Gasteiger partial charge in [0.1, 0.15) is 0 Å². The number of guanidine groups is 1. The normalized spacial score (nSPS) is 15.8. The highest BCUT2D eigenvalue weighted by Gasteiger charge is 2.09. The standard InChI is InChI=1S/C19H29N5.HI/c1-20-19(22-11-14-24-12-5-2-6-13-24)21-10-9-16-15-23-18-8-4-3-7-17(16)18;/h3-4,7-8,15,23H,2,5-6,9-14H2,1H3,(H2,20,21,22);1H. The van der Waals surface area contributed by atoms with E-state index in [0.29, 0.717) is 0 Å². The highest BCUT2D eigenvalue weighted by Crippen LogP contribution is 2.17. The Kier molecular flexibility index (Phi) is 8.54. The van der Waals surface area contributed by atoms with E-state index in [-0.39, 0.29) is 24.0 Å². The maximum absolute atomic E-state index is 4.32. The van der Waals surface area contributed by atoms with Crippen molar-refractivity contribution < 1.29 is 0 Å². The van der Waals surface area contributed by atoms with Gasteiger partial charge in [-0.3, -0.25) is 4.99 Å². The number of hydrogen-bond acceptors (Lipinski definition) is 2. The molecule has 0 aliphatic carbocycles. The Labute approximate surface area is 167 Å². The zero-order valence-corrected chi connectivity index (χ0v) is 17.4. The van der Waals surface area contributed by atoms with Gasteiger partial charge in [0.15, 0.2) is 5.96 Å². The molecular formula is C19H30IN5. The van der Waals surface area contributed by atoms with Crippen LogP contribution in [0.2, 0.25) is 0 Å². The number of nitrogens with one attached hydrogen (secondary N) is 3. The molecule has 0 amide bonds. The van der Waals surface area contributed by atoms with Crippen LogP contribution in [0.4, 0.5) is 0 Å². The number of hydrogen-bond donors (Lipinski definition) is 3. The number of piperidine rings is 1. The summed E-state index contributed by atoms with van der Waals surface area (Å²) >= 11 is 0. The molecule has 1 aromatic carbocycles. The molecule has 0 saturated carbocycles. The first kappa shape index (κ1) is 20.0. The van der Waals surface area contributed by atoms with Gasteiger partial charge in [-0.1, -0.05) is 24.6 Å². The second-order valence-corrected chi connectivity index (χ2v) is 6.44. The van der Waals surface area contributed by atoms with Crippen molar-refractivity contribution in [3.63, 3.8) is 0 Å². The van der Waals surface area contributed by atoms with Gasteiger partial charge in [0.2, 0.25) is 0 Å². The summed E-state index contributed by atoms with van der Waals surface area (Å²) in [7, 11) is 1.84. The lowest BCUT2D eigenvalue weighted by Gasteiger charge is -2.26. The Bertz CT molecular complexity index is 661. The van der Waals surface area contributed by atoms with Crippen molar-refractivity contribution in [3.05, 3.63) is 36.0 Å². The number of benzene rings is 1. The van der Waals surface area contributed by atoms with E-state index >= 15 is 0 Å². The third kappa shape index (κ3) is 5.88. The third-order valence-corrected chi connectivity index (χ3v) is 4.75. The predicted octanol–water partition coefficient (Wildman–Crippen LogP) is 2.98. The van der Waals surface area contributed by atoms with Crippen LogP contribution in [0.25, 0.3) is 10.9 Å². The van der Waals surface area contributed by atoms with Gasteiger partial charge in [0, 0.05) is 43.8 Å². The van der Waals surface area contributed by atoms with E-state index in [4.69, 9.17) is 0 Å². The van der Waals surface area contributed by atoms with Crippen LogP contribution in [0.1, 0.15) is 24.8 Å². The van der Waals surface area contributed by atoms with E-state index in [9.17, 15) is 0 Å². The average molecular weight is 455 g/mol. The van der Waals surface area contributed by atoms with Gasteiger partial charge in [-0.25, -0.2) is 0 Å². The highest BCUT2D eigenvalue weighted by atomic mass is 127. The molecule has 0 spiro atoms. The van der Waals surface area contributed by atoms with E-state index in [0.717, 1.165) is 32.0 Å². The fourth-order valence-corrected chi connectivity index (χ4v) is 3.39. The van der Waals surface area contributed by atoms with Crippen molar-refractivity contribution in [1.82, 2.24) is 20.5 Å². The molecule has 6 heteroatoms. The van der Waals surface area contributed by atoms with Crippen LogP contribution in [0.15, 0.2) is 35.5 Å². The molecule has 138 valence electrons. The van der Waals surface area contributed by atoms with Crippen LogP contribution in [0, 0.1) is 0 Å². The molecule has 3 rings (SSSR count). The molecule has 0 atom stereocenters. The lowest BCUT2D eigenvalue weighted by molar-refractivity contribution is 0.232. The first-order valence-electron chi connectivity index (χ1n) is 9.08. The van der Waals surface area contributed by atoms with Gasteiger partial charge in [-0.2, -0.15) is 0 Å². The Morgan fingerprint density at radius 2 is 1.88 bits per heavy atom. The lowest BCUT2D eigenvalue weighted by Crippen LogP contribution is -2.43. The van der Waals surface area contributed by atoms with E-state index < -0.39 is 0 Å². The summed E-state index contributed by atoms with van der Waals surface area (Å²) in [6.07, 6.45) is 7.17. The molecule has 2 aromatic rings. The van der Waals surface area contributed by atoms with Gasteiger partial charge in [-0.15, -0.1) is 24.0 Å². The number of halogens is 1. The predicted molar refractivity (Wildman–Crippen MR) is 117 cm³/mol. The minimum Gasteiger partial charge on any atom is -0.361 e. The zero-order valence-electron chi connectivity index (χ0n) is 15.1. The van der Waals surface area contributed by atoms with Crippen molar-refractivity contribution in [2.24, 2.45) is 4.99 Å². The van der Waals surface area contributed by atoms with Crippen LogP contribution < -0.4 is 10.6 Å². The lowest BCUT2D eigenvalue weighted by atomic mass is 10.1. The summed E-state index contributed by atoms with van der Waals surface area (Å²) in [6, 6.07) is 8.45. The zero-order chi connectivity index (χ0) is 16.6. The maximum atomic E-state index is 4.32. The van der Waals surface area contributed by atoms with Crippen molar-refractivity contribution in [1.29, 1.82) is 0 Å². The summed E-state index contributed by atoms with van der Waals surface area (Å²) in [4.78, 5) is 10.2. The smallest absolute Gasteiger partial charge is 0.191 e. The van der Waals surface area contributed by atoms with Crippen LogP contribution in [0.3, 0.4) is 0 Å². The number of aromatic amines is 1. The Morgan fingerprint density at radius 1 is 1.12 bits per heavy atom. The van der Waals surface area contributed by atoms with Gasteiger partial charge in [0.25, 0.3) is 0 Å². The molecular weight excluding hydrogens is 425 g/mol. The first-order chi connectivity index (χ1) is 11.9. The molecule has 0 radical (unpaired) electrons. The molecule has 1 fully saturated rings. The minimum absolute atomic E-state index is 0. The Hall–Kier alpha value is -1.28.